The summed E-state index contributed by atoms with van der Waals surface area (Å²) in [5.41, 5.74) is 2.08. The van der Waals surface area contributed by atoms with Crippen molar-refractivity contribution in [3.63, 3.8) is 0 Å². The number of H-pyrrole nitrogens is 1. The molecule has 1 N–H and O–H groups in total. The molecule has 8 heteroatoms. The molecule has 27 heavy (non-hydrogen) atoms. The zero-order valence-electron chi connectivity index (χ0n) is 14.2. The molecule has 1 aromatic carbocycles. The van der Waals surface area contributed by atoms with Crippen LogP contribution >= 0.6 is 11.3 Å². The van der Waals surface area contributed by atoms with Gasteiger partial charge in [0.25, 0.3) is 5.56 Å². The van der Waals surface area contributed by atoms with Crippen molar-refractivity contribution in [3.8, 4) is 11.4 Å². The van der Waals surface area contributed by atoms with Gasteiger partial charge in [-0.05, 0) is 40.9 Å². The number of aromatic amines is 1. The van der Waals surface area contributed by atoms with Crippen molar-refractivity contribution in [1.29, 1.82) is 0 Å². The molecular formula is C19H16F3N3OS. The summed E-state index contributed by atoms with van der Waals surface area (Å²) in [5, 5.41) is 4.12. The molecule has 0 atom stereocenters. The van der Waals surface area contributed by atoms with Crippen LogP contribution in [0, 0.1) is 0 Å². The van der Waals surface area contributed by atoms with Crippen molar-refractivity contribution < 1.29 is 13.2 Å². The number of rotatable bonds is 3. The van der Waals surface area contributed by atoms with Crippen molar-refractivity contribution in [1.82, 2.24) is 14.9 Å². The van der Waals surface area contributed by atoms with E-state index in [2.05, 4.69) is 26.3 Å². The normalized spacial score (nSPS) is 14.9. The van der Waals surface area contributed by atoms with E-state index in [9.17, 15) is 18.0 Å². The minimum atomic E-state index is -4.39. The molecule has 0 saturated heterocycles. The zero-order chi connectivity index (χ0) is 19.0. The van der Waals surface area contributed by atoms with Crippen LogP contribution in [0.4, 0.5) is 13.2 Å². The molecule has 3 heterocycles. The average Bonchev–Trinajstić information content (AvgIpc) is 3.14. The largest absolute Gasteiger partial charge is 0.416 e. The van der Waals surface area contributed by atoms with Crippen LogP contribution in [-0.2, 0) is 25.7 Å². The first-order chi connectivity index (χ1) is 12.9. The number of benzene rings is 1. The van der Waals surface area contributed by atoms with Gasteiger partial charge in [-0.2, -0.15) is 24.5 Å². The number of alkyl halides is 3. The summed E-state index contributed by atoms with van der Waals surface area (Å²) in [6, 6.07) is 6.73. The lowest BCUT2D eigenvalue weighted by Gasteiger charge is -2.27. The molecule has 140 valence electrons. The maximum Gasteiger partial charge on any atom is 0.416 e. The Kier molecular flexibility index (Phi) is 4.61. The highest BCUT2D eigenvalue weighted by Gasteiger charge is 2.30. The number of nitrogens with one attached hydrogen (secondary N) is 1. The number of hydrogen-bond donors (Lipinski definition) is 1. The molecule has 1 aliphatic rings. The van der Waals surface area contributed by atoms with Crippen molar-refractivity contribution in [3.05, 3.63) is 73.8 Å². The Morgan fingerprint density at radius 2 is 1.96 bits per heavy atom. The van der Waals surface area contributed by atoms with E-state index in [0.29, 0.717) is 35.6 Å². The van der Waals surface area contributed by atoms with E-state index in [1.165, 1.54) is 17.7 Å². The number of hydrogen-bond acceptors (Lipinski definition) is 4. The van der Waals surface area contributed by atoms with Gasteiger partial charge in [-0.15, -0.1) is 0 Å². The second-order valence-electron chi connectivity index (χ2n) is 6.51. The Labute approximate surface area is 157 Å². The SMILES string of the molecule is O=c1[nH]c(-c2ccc(C(F)(F)F)cc2)nc2c1CCN(Cc1ccsc1)C2. The Morgan fingerprint density at radius 3 is 2.63 bits per heavy atom. The van der Waals surface area contributed by atoms with E-state index < -0.39 is 11.7 Å². The molecular weight excluding hydrogens is 375 g/mol. The highest BCUT2D eigenvalue weighted by Crippen LogP contribution is 2.30. The fourth-order valence-electron chi connectivity index (χ4n) is 3.22. The molecule has 0 saturated carbocycles. The van der Waals surface area contributed by atoms with E-state index in [1.54, 1.807) is 11.3 Å². The van der Waals surface area contributed by atoms with E-state index >= 15 is 0 Å². The topological polar surface area (TPSA) is 49.0 Å². The highest BCUT2D eigenvalue weighted by molar-refractivity contribution is 7.07. The van der Waals surface area contributed by atoms with Crippen molar-refractivity contribution in [2.45, 2.75) is 25.7 Å². The first kappa shape index (κ1) is 17.9. The van der Waals surface area contributed by atoms with E-state index in [-0.39, 0.29) is 5.56 Å². The zero-order valence-corrected chi connectivity index (χ0v) is 15.0. The smallest absolute Gasteiger partial charge is 0.306 e. The molecule has 0 fully saturated rings. The van der Waals surface area contributed by atoms with Crippen molar-refractivity contribution in [2.75, 3.05) is 6.54 Å². The molecule has 0 spiro atoms. The molecule has 0 unspecified atom stereocenters. The summed E-state index contributed by atoms with van der Waals surface area (Å²) in [7, 11) is 0. The van der Waals surface area contributed by atoms with Crippen LogP contribution in [0.15, 0.2) is 45.9 Å². The predicted molar refractivity (Wildman–Crippen MR) is 97.4 cm³/mol. The van der Waals surface area contributed by atoms with Gasteiger partial charge in [-0.1, -0.05) is 12.1 Å². The second-order valence-corrected chi connectivity index (χ2v) is 7.29. The van der Waals surface area contributed by atoms with Gasteiger partial charge < -0.3 is 4.98 Å². The van der Waals surface area contributed by atoms with E-state index in [0.717, 1.165) is 25.2 Å². The van der Waals surface area contributed by atoms with Gasteiger partial charge in [0.1, 0.15) is 5.82 Å². The first-order valence-electron chi connectivity index (χ1n) is 8.43. The van der Waals surface area contributed by atoms with Gasteiger partial charge in [-0.3, -0.25) is 9.69 Å². The lowest BCUT2D eigenvalue weighted by atomic mass is 10.1. The molecule has 4 nitrogen and oxygen atoms in total. The molecule has 4 rings (SSSR count). The van der Waals surface area contributed by atoms with Gasteiger partial charge in [0, 0.05) is 30.8 Å². The maximum atomic E-state index is 12.7. The van der Waals surface area contributed by atoms with Crippen LogP contribution in [0.25, 0.3) is 11.4 Å². The number of fused-ring (bicyclic) bond motifs is 1. The molecule has 1 aliphatic heterocycles. The molecule has 0 radical (unpaired) electrons. The predicted octanol–water partition coefficient (Wildman–Crippen LogP) is 4.08. The van der Waals surface area contributed by atoms with Gasteiger partial charge in [-0.25, -0.2) is 4.98 Å². The summed E-state index contributed by atoms with van der Waals surface area (Å²) < 4.78 is 38.2. The minimum absolute atomic E-state index is 0.218. The highest BCUT2D eigenvalue weighted by atomic mass is 32.1. The summed E-state index contributed by atoms with van der Waals surface area (Å²) in [6.45, 7) is 2.10. The first-order valence-corrected chi connectivity index (χ1v) is 9.37. The van der Waals surface area contributed by atoms with Crippen molar-refractivity contribution in [2.24, 2.45) is 0 Å². The Balaban J connectivity index is 1.61. The van der Waals surface area contributed by atoms with Crippen LogP contribution in [0.3, 0.4) is 0 Å². The lowest BCUT2D eigenvalue weighted by Crippen LogP contribution is -2.35. The fraction of sp³-hybridized carbons (Fsp3) is 0.263. The third-order valence-electron chi connectivity index (χ3n) is 4.62. The molecule has 0 aliphatic carbocycles. The van der Waals surface area contributed by atoms with E-state index in [1.807, 2.05) is 5.38 Å². The fourth-order valence-corrected chi connectivity index (χ4v) is 3.88. The summed E-state index contributed by atoms with van der Waals surface area (Å²) in [6.07, 6.45) is -3.79. The third kappa shape index (κ3) is 3.81. The number of nitrogens with zero attached hydrogens (tertiary/aromatic N) is 2. The number of halogens is 3. The second kappa shape index (κ2) is 6.94. The lowest BCUT2D eigenvalue weighted by molar-refractivity contribution is -0.137. The van der Waals surface area contributed by atoms with Gasteiger partial charge in [0.2, 0.25) is 0 Å². The molecule has 2 aromatic heterocycles. The van der Waals surface area contributed by atoms with Gasteiger partial charge >= 0.3 is 6.18 Å². The quantitative estimate of drug-likeness (QED) is 0.732. The summed E-state index contributed by atoms with van der Waals surface area (Å²) in [4.78, 5) is 21.9. The van der Waals surface area contributed by atoms with Gasteiger partial charge in [0.05, 0.1) is 11.3 Å². The molecule has 0 amide bonds. The Morgan fingerprint density at radius 1 is 1.19 bits per heavy atom. The monoisotopic (exact) mass is 391 g/mol. The number of thiophene rings is 1. The van der Waals surface area contributed by atoms with Crippen molar-refractivity contribution >= 4 is 11.3 Å². The average molecular weight is 391 g/mol. The summed E-state index contributed by atoms with van der Waals surface area (Å²) >= 11 is 1.64. The van der Waals surface area contributed by atoms with Crippen LogP contribution in [0.1, 0.15) is 22.4 Å². The molecule has 3 aromatic rings. The standard InChI is InChI=1S/C19H16F3N3OS/c20-19(21,22)14-3-1-13(2-4-14)17-23-16-10-25(9-12-6-8-27-11-12)7-5-15(16)18(26)24-17/h1-4,6,8,11H,5,7,9-10H2,(H,23,24,26). The molecule has 0 bridgehead atoms. The Hall–Kier alpha value is -2.45. The maximum absolute atomic E-state index is 12.7. The minimum Gasteiger partial charge on any atom is -0.306 e. The van der Waals surface area contributed by atoms with Crippen LogP contribution < -0.4 is 5.56 Å². The number of aromatic nitrogens is 2. The van der Waals surface area contributed by atoms with Crippen LogP contribution in [-0.4, -0.2) is 21.4 Å². The Bertz CT molecular complexity index is 995. The van der Waals surface area contributed by atoms with Gasteiger partial charge in [0.15, 0.2) is 0 Å². The third-order valence-corrected chi connectivity index (χ3v) is 5.36. The van der Waals surface area contributed by atoms with E-state index in [4.69, 9.17) is 0 Å². The van der Waals surface area contributed by atoms with Crippen LogP contribution in [0.5, 0.6) is 0 Å². The summed E-state index contributed by atoms with van der Waals surface area (Å²) in [5.74, 6) is 0.296. The van der Waals surface area contributed by atoms with Crippen LogP contribution in [0.2, 0.25) is 0 Å².